The van der Waals surface area contributed by atoms with E-state index in [9.17, 15) is 0 Å². The van der Waals surface area contributed by atoms with Crippen LogP contribution in [-0.4, -0.2) is 48.6 Å². The van der Waals surface area contributed by atoms with Crippen LogP contribution >= 0.6 is 11.3 Å². The lowest BCUT2D eigenvalue weighted by molar-refractivity contribution is 0.216. The lowest BCUT2D eigenvalue weighted by Gasteiger charge is -2.25. The minimum atomic E-state index is 0.832. The molecule has 3 rings (SSSR count). The fourth-order valence-corrected chi connectivity index (χ4v) is 4.67. The van der Waals surface area contributed by atoms with Gasteiger partial charge in [0.25, 0.3) is 0 Å². The van der Waals surface area contributed by atoms with Gasteiger partial charge >= 0.3 is 0 Å². The predicted molar refractivity (Wildman–Crippen MR) is 90.8 cm³/mol. The molecule has 2 fully saturated rings. The average molecular weight is 308 g/mol. The van der Waals surface area contributed by atoms with Gasteiger partial charge in [0, 0.05) is 35.4 Å². The molecule has 0 spiro atoms. The van der Waals surface area contributed by atoms with E-state index in [2.05, 4.69) is 34.2 Å². The van der Waals surface area contributed by atoms with E-state index in [-0.39, 0.29) is 0 Å². The van der Waals surface area contributed by atoms with E-state index in [1.807, 2.05) is 11.3 Å². The van der Waals surface area contributed by atoms with Crippen molar-refractivity contribution >= 4 is 11.3 Å². The van der Waals surface area contributed by atoms with Crippen molar-refractivity contribution in [1.29, 1.82) is 0 Å². The Bertz CT molecular complexity index is 431. The SMILES string of the molecule is CCCNCc1ccc(CN2CCCN3CCCC3C2)s1. The lowest BCUT2D eigenvalue weighted by Crippen LogP contribution is -2.36. The highest BCUT2D eigenvalue weighted by Crippen LogP contribution is 2.24. The number of rotatable bonds is 6. The second-order valence-corrected chi connectivity index (χ2v) is 7.72. The monoisotopic (exact) mass is 307 g/mol. The first-order chi connectivity index (χ1) is 10.3. The van der Waals surface area contributed by atoms with Crippen LogP contribution in [0.2, 0.25) is 0 Å². The van der Waals surface area contributed by atoms with Crippen LogP contribution in [0.3, 0.4) is 0 Å². The number of hydrogen-bond acceptors (Lipinski definition) is 4. The van der Waals surface area contributed by atoms with Crippen molar-refractivity contribution in [1.82, 2.24) is 15.1 Å². The maximum atomic E-state index is 3.50. The van der Waals surface area contributed by atoms with Crippen molar-refractivity contribution in [3.05, 3.63) is 21.9 Å². The van der Waals surface area contributed by atoms with Crippen LogP contribution in [0.1, 0.15) is 42.4 Å². The Balaban J connectivity index is 1.51. The van der Waals surface area contributed by atoms with E-state index in [1.165, 1.54) is 61.6 Å². The third-order valence-electron chi connectivity index (χ3n) is 4.71. The molecular weight excluding hydrogens is 278 g/mol. The van der Waals surface area contributed by atoms with Gasteiger partial charge in [-0.05, 0) is 64.0 Å². The normalized spacial score (nSPS) is 24.1. The maximum Gasteiger partial charge on any atom is 0.0328 e. The largest absolute Gasteiger partial charge is 0.312 e. The fraction of sp³-hybridized carbons (Fsp3) is 0.765. The molecule has 3 nitrogen and oxygen atoms in total. The Morgan fingerprint density at radius 2 is 2.05 bits per heavy atom. The summed E-state index contributed by atoms with van der Waals surface area (Å²) in [5.74, 6) is 0. The number of hydrogen-bond donors (Lipinski definition) is 1. The number of thiophene rings is 1. The predicted octanol–water partition coefficient (Wildman–Crippen LogP) is 2.92. The number of nitrogens with one attached hydrogen (secondary N) is 1. The van der Waals surface area contributed by atoms with Crippen LogP contribution < -0.4 is 5.32 Å². The van der Waals surface area contributed by atoms with E-state index < -0.39 is 0 Å². The van der Waals surface area contributed by atoms with Crippen LogP contribution in [0.15, 0.2) is 12.1 Å². The zero-order chi connectivity index (χ0) is 14.5. The van der Waals surface area contributed by atoms with Crippen LogP contribution in [0.5, 0.6) is 0 Å². The summed E-state index contributed by atoms with van der Waals surface area (Å²) in [5.41, 5.74) is 0. The molecule has 2 saturated heterocycles. The van der Waals surface area contributed by atoms with Gasteiger partial charge in [0.1, 0.15) is 0 Å². The standard InChI is InChI=1S/C17H29N3S/c1-2-8-18-12-16-6-7-17(21-16)14-19-9-4-11-20-10-3-5-15(20)13-19/h6-7,15,18H,2-5,8-14H2,1H3. The molecule has 1 aromatic heterocycles. The third kappa shape index (κ3) is 4.28. The number of nitrogens with zero attached hydrogens (tertiary/aromatic N) is 2. The molecule has 2 aliphatic heterocycles. The summed E-state index contributed by atoms with van der Waals surface area (Å²) in [4.78, 5) is 8.42. The van der Waals surface area contributed by atoms with Crippen molar-refractivity contribution in [2.75, 3.05) is 32.7 Å². The van der Waals surface area contributed by atoms with Crippen molar-refractivity contribution < 1.29 is 0 Å². The molecule has 0 radical (unpaired) electrons. The molecular formula is C17H29N3S. The van der Waals surface area contributed by atoms with E-state index in [1.54, 1.807) is 0 Å². The van der Waals surface area contributed by atoms with Gasteiger partial charge in [-0.3, -0.25) is 9.80 Å². The Morgan fingerprint density at radius 1 is 1.19 bits per heavy atom. The molecule has 0 bridgehead atoms. The highest BCUT2D eigenvalue weighted by molar-refractivity contribution is 7.11. The summed E-state index contributed by atoms with van der Waals surface area (Å²) in [6, 6.07) is 5.48. The van der Waals surface area contributed by atoms with Crippen molar-refractivity contribution in [2.24, 2.45) is 0 Å². The van der Waals surface area contributed by atoms with Gasteiger partial charge in [-0.25, -0.2) is 0 Å². The van der Waals surface area contributed by atoms with E-state index >= 15 is 0 Å². The summed E-state index contributed by atoms with van der Waals surface area (Å²) in [7, 11) is 0. The minimum Gasteiger partial charge on any atom is -0.312 e. The molecule has 1 unspecified atom stereocenters. The van der Waals surface area contributed by atoms with Crippen LogP contribution in [0.25, 0.3) is 0 Å². The van der Waals surface area contributed by atoms with E-state index in [0.29, 0.717) is 0 Å². The maximum absolute atomic E-state index is 3.50. The number of fused-ring (bicyclic) bond motifs is 1. The second kappa shape index (κ2) is 7.73. The first-order valence-electron chi connectivity index (χ1n) is 8.60. The Kier molecular flexibility index (Phi) is 5.69. The first kappa shape index (κ1) is 15.5. The molecule has 118 valence electrons. The van der Waals surface area contributed by atoms with Crippen molar-refractivity contribution in [2.45, 2.75) is 51.7 Å². The third-order valence-corrected chi connectivity index (χ3v) is 5.78. The van der Waals surface area contributed by atoms with Crippen LogP contribution in [-0.2, 0) is 13.1 Å². The van der Waals surface area contributed by atoms with Gasteiger partial charge in [0.2, 0.25) is 0 Å². The zero-order valence-corrected chi connectivity index (χ0v) is 14.1. The topological polar surface area (TPSA) is 18.5 Å². The molecule has 0 saturated carbocycles. The average Bonchev–Trinajstić information content (AvgIpc) is 3.06. The molecule has 4 heteroatoms. The molecule has 21 heavy (non-hydrogen) atoms. The van der Waals surface area contributed by atoms with Gasteiger partial charge < -0.3 is 5.32 Å². The molecule has 0 amide bonds. The minimum absolute atomic E-state index is 0.832. The zero-order valence-electron chi connectivity index (χ0n) is 13.3. The summed E-state index contributed by atoms with van der Waals surface area (Å²) >= 11 is 1.99. The van der Waals surface area contributed by atoms with E-state index in [0.717, 1.165) is 25.7 Å². The summed E-state index contributed by atoms with van der Waals surface area (Å²) in [6.45, 7) is 10.7. The molecule has 1 N–H and O–H groups in total. The quantitative estimate of drug-likeness (QED) is 0.815. The first-order valence-corrected chi connectivity index (χ1v) is 9.41. The molecule has 1 aromatic rings. The summed E-state index contributed by atoms with van der Waals surface area (Å²) < 4.78 is 0. The molecule has 0 aromatic carbocycles. The van der Waals surface area contributed by atoms with Crippen molar-refractivity contribution in [3.8, 4) is 0 Å². The van der Waals surface area contributed by atoms with Gasteiger partial charge in [0.15, 0.2) is 0 Å². The van der Waals surface area contributed by atoms with Crippen LogP contribution in [0.4, 0.5) is 0 Å². The Labute approximate surface area is 133 Å². The summed E-state index contributed by atoms with van der Waals surface area (Å²) in [6.07, 6.45) is 5.37. The smallest absolute Gasteiger partial charge is 0.0328 e. The second-order valence-electron chi connectivity index (χ2n) is 6.47. The molecule has 1 atom stereocenters. The summed E-state index contributed by atoms with van der Waals surface area (Å²) in [5, 5.41) is 3.50. The van der Waals surface area contributed by atoms with Crippen molar-refractivity contribution in [3.63, 3.8) is 0 Å². The van der Waals surface area contributed by atoms with Crippen LogP contribution in [0, 0.1) is 0 Å². The Morgan fingerprint density at radius 3 is 2.95 bits per heavy atom. The van der Waals surface area contributed by atoms with Gasteiger partial charge in [-0.1, -0.05) is 6.92 Å². The van der Waals surface area contributed by atoms with Gasteiger partial charge in [0.05, 0.1) is 0 Å². The fourth-order valence-electron chi connectivity index (χ4n) is 3.64. The Hall–Kier alpha value is -0.420. The highest BCUT2D eigenvalue weighted by atomic mass is 32.1. The highest BCUT2D eigenvalue weighted by Gasteiger charge is 2.28. The molecule has 0 aliphatic carbocycles. The molecule has 3 heterocycles. The lowest BCUT2D eigenvalue weighted by atomic mass is 10.2. The van der Waals surface area contributed by atoms with Gasteiger partial charge in [-0.2, -0.15) is 0 Å². The van der Waals surface area contributed by atoms with Gasteiger partial charge in [-0.15, -0.1) is 11.3 Å². The molecule has 2 aliphatic rings. The van der Waals surface area contributed by atoms with E-state index in [4.69, 9.17) is 0 Å².